The predicted molar refractivity (Wildman–Crippen MR) is 154 cm³/mol. The zero-order valence-electron chi connectivity index (χ0n) is 24.3. The molecule has 1 N–H and O–H groups in total. The molecule has 3 rings (SSSR count). The summed E-state index contributed by atoms with van der Waals surface area (Å²) in [6, 6.07) is 13.2. The molecule has 7 nitrogen and oxygen atoms in total. The summed E-state index contributed by atoms with van der Waals surface area (Å²) in [5.41, 5.74) is 2.34. The second-order valence-electron chi connectivity index (χ2n) is 11.9. The summed E-state index contributed by atoms with van der Waals surface area (Å²) in [5.74, 6) is 1.27. The van der Waals surface area contributed by atoms with Crippen LogP contribution in [0.15, 0.2) is 42.5 Å². The Morgan fingerprint density at radius 3 is 2.11 bits per heavy atom. The molecule has 210 valence electrons. The lowest BCUT2D eigenvalue weighted by molar-refractivity contribution is 0.0919. The highest BCUT2D eigenvalue weighted by Crippen LogP contribution is 2.64. The molecule has 1 saturated heterocycles. The molecule has 1 aliphatic heterocycles. The quantitative estimate of drug-likeness (QED) is 0.324. The first-order valence-electron chi connectivity index (χ1n) is 13.5. The first-order valence-corrected chi connectivity index (χ1v) is 15.0. The predicted octanol–water partition coefficient (Wildman–Crippen LogP) is 7.01. The molecule has 1 unspecified atom stereocenters. The zero-order chi connectivity index (χ0) is 28.1. The second kappa shape index (κ2) is 12.2. The Bertz CT molecular complexity index is 1130. The molecule has 2 aromatic carbocycles. The molecule has 0 radical (unpaired) electrons. The number of hydrogen-bond acceptors (Lipinski definition) is 5. The highest BCUT2D eigenvalue weighted by atomic mass is 31.2. The van der Waals surface area contributed by atoms with Crippen LogP contribution in [0.3, 0.4) is 0 Å². The summed E-state index contributed by atoms with van der Waals surface area (Å²) in [6.07, 6.45) is 2.21. The van der Waals surface area contributed by atoms with E-state index in [-0.39, 0.29) is 17.4 Å². The molecular weight excluding hydrogens is 499 g/mol. The number of methoxy groups -OCH3 is 2. The van der Waals surface area contributed by atoms with Gasteiger partial charge in [-0.2, -0.15) is 0 Å². The molecule has 1 aliphatic rings. The number of carbonyl (C=O) groups is 1. The van der Waals surface area contributed by atoms with E-state index >= 15 is 0 Å². The molecule has 8 heteroatoms. The Morgan fingerprint density at radius 2 is 1.58 bits per heavy atom. The molecule has 38 heavy (non-hydrogen) atoms. The van der Waals surface area contributed by atoms with E-state index in [0.717, 1.165) is 30.4 Å². The Morgan fingerprint density at radius 1 is 0.974 bits per heavy atom. The minimum Gasteiger partial charge on any atom is -0.497 e. The Balaban J connectivity index is 1.69. The largest absolute Gasteiger partial charge is 0.497 e. The van der Waals surface area contributed by atoms with Gasteiger partial charge >= 0.3 is 0 Å². The molecule has 1 heterocycles. The van der Waals surface area contributed by atoms with Crippen molar-refractivity contribution in [2.45, 2.75) is 72.0 Å². The van der Waals surface area contributed by atoms with Crippen LogP contribution >= 0.6 is 7.52 Å². The first-order chi connectivity index (χ1) is 17.8. The number of hydrogen-bond donors (Lipinski definition) is 1. The van der Waals surface area contributed by atoms with Gasteiger partial charge in [0, 0.05) is 30.8 Å². The normalized spacial score (nSPS) is 17.1. The van der Waals surface area contributed by atoms with E-state index < -0.39 is 12.7 Å². The average molecular weight is 545 g/mol. The third-order valence-electron chi connectivity index (χ3n) is 7.29. The van der Waals surface area contributed by atoms with Crippen LogP contribution in [0.4, 0.5) is 0 Å². The van der Waals surface area contributed by atoms with E-state index in [0.29, 0.717) is 36.8 Å². The molecule has 1 fully saturated rings. The minimum atomic E-state index is -3.07. The SMILES string of the molecule is CCC(C)(C)P(=O)(OCC(C)(C)C)N1CCC(NC(=O)c2cccc(-c3cc(OC)cc(OC)c3)c2)CC1. The van der Waals surface area contributed by atoms with Gasteiger partial charge in [-0.25, -0.2) is 4.67 Å². The maximum absolute atomic E-state index is 14.3. The molecule has 0 bridgehead atoms. The number of amides is 1. The first kappa shape index (κ1) is 30.2. The summed E-state index contributed by atoms with van der Waals surface area (Å²) in [4.78, 5) is 13.2. The minimum absolute atomic E-state index is 0.0140. The number of rotatable bonds is 10. The Labute approximate surface area is 228 Å². The molecule has 0 spiro atoms. The number of ether oxygens (including phenoxy) is 2. The van der Waals surface area contributed by atoms with Crippen molar-refractivity contribution in [3.05, 3.63) is 48.0 Å². The number of benzene rings is 2. The van der Waals surface area contributed by atoms with Crippen molar-refractivity contribution >= 4 is 13.4 Å². The van der Waals surface area contributed by atoms with E-state index in [1.165, 1.54) is 0 Å². The third kappa shape index (κ3) is 7.19. The van der Waals surface area contributed by atoms with Gasteiger partial charge in [0.2, 0.25) is 0 Å². The topological polar surface area (TPSA) is 77.1 Å². The molecule has 2 aromatic rings. The fraction of sp³-hybridized carbons (Fsp3) is 0.567. The van der Waals surface area contributed by atoms with Crippen molar-refractivity contribution in [1.29, 1.82) is 0 Å². The summed E-state index contributed by atoms with van der Waals surface area (Å²) < 4.78 is 33.4. The third-order valence-corrected chi connectivity index (χ3v) is 10.8. The molecule has 0 aromatic heterocycles. The standard InChI is InChI=1S/C30H45N2O5P/c1-9-30(5,6)38(34,37-21-29(2,3)4)32-15-13-25(14-16-32)31-28(33)23-12-10-11-22(17-23)24-18-26(35-7)20-27(19-24)36-8/h10-12,17-20,25H,9,13-16,21H2,1-8H3,(H,31,33). The lowest BCUT2D eigenvalue weighted by Gasteiger charge is -2.44. The molecule has 0 saturated carbocycles. The van der Waals surface area contributed by atoms with Crippen LogP contribution in [0.1, 0.15) is 71.2 Å². The van der Waals surface area contributed by atoms with Crippen molar-refractivity contribution in [3.63, 3.8) is 0 Å². The number of nitrogens with one attached hydrogen (secondary N) is 1. The van der Waals surface area contributed by atoms with Gasteiger partial charge in [0.15, 0.2) is 0 Å². The highest BCUT2D eigenvalue weighted by molar-refractivity contribution is 7.58. The van der Waals surface area contributed by atoms with E-state index in [1.807, 2.05) is 61.0 Å². The van der Waals surface area contributed by atoms with Crippen molar-refractivity contribution in [3.8, 4) is 22.6 Å². The van der Waals surface area contributed by atoms with Crippen molar-refractivity contribution in [2.24, 2.45) is 5.41 Å². The van der Waals surface area contributed by atoms with Crippen LogP contribution < -0.4 is 14.8 Å². The lowest BCUT2D eigenvalue weighted by atomic mass is 9.99. The number of piperidine rings is 1. The van der Waals surface area contributed by atoms with Gasteiger partial charge in [0.1, 0.15) is 11.5 Å². The fourth-order valence-corrected chi connectivity index (χ4v) is 7.47. The van der Waals surface area contributed by atoms with Gasteiger partial charge < -0.3 is 19.3 Å². The Kier molecular flexibility index (Phi) is 9.72. The number of carbonyl (C=O) groups excluding carboxylic acids is 1. The summed E-state index contributed by atoms with van der Waals surface area (Å²) in [5, 5.41) is 2.75. The van der Waals surface area contributed by atoms with Gasteiger partial charge in [-0.15, -0.1) is 0 Å². The van der Waals surface area contributed by atoms with E-state index in [4.69, 9.17) is 14.0 Å². The van der Waals surface area contributed by atoms with Crippen molar-refractivity contribution in [1.82, 2.24) is 9.99 Å². The van der Waals surface area contributed by atoms with Gasteiger partial charge in [0.25, 0.3) is 13.4 Å². The zero-order valence-corrected chi connectivity index (χ0v) is 25.2. The number of nitrogens with zero attached hydrogens (tertiary/aromatic N) is 1. The molecule has 1 atom stereocenters. The van der Waals surface area contributed by atoms with E-state index in [2.05, 4.69) is 33.0 Å². The van der Waals surface area contributed by atoms with Gasteiger partial charge in [-0.3, -0.25) is 9.36 Å². The maximum Gasteiger partial charge on any atom is 0.277 e. The van der Waals surface area contributed by atoms with Crippen LogP contribution in [0.2, 0.25) is 0 Å². The second-order valence-corrected chi connectivity index (χ2v) is 15.0. The van der Waals surface area contributed by atoms with Crippen LogP contribution in [-0.2, 0) is 9.09 Å². The summed E-state index contributed by atoms with van der Waals surface area (Å²) in [6.45, 7) is 14.1. The van der Waals surface area contributed by atoms with Crippen molar-refractivity contribution < 1.29 is 23.4 Å². The van der Waals surface area contributed by atoms with Gasteiger partial charge in [-0.1, -0.05) is 39.8 Å². The Hall–Kier alpha value is -2.34. The van der Waals surface area contributed by atoms with Crippen LogP contribution in [-0.4, -0.2) is 55.7 Å². The van der Waals surface area contributed by atoms with E-state index in [1.54, 1.807) is 14.2 Å². The molecule has 1 amide bonds. The van der Waals surface area contributed by atoms with Gasteiger partial charge in [0.05, 0.1) is 26.0 Å². The van der Waals surface area contributed by atoms with Crippen LogP contribution in [0.5, 0.6) is 11.5 Å². The molecule has 0 aliphatic carbocycles. The smallest absolute Gasteiger partial charge is 0.277 e. The summed E-state index contributed by atoms with van der Waals surface area (Å²) >= 11 is 0. The highest BCUT2D eigenvalue weighted by Gasteiger charge is 2.47. The van der Waals surface area contributed by atoms with Crippen molar-refractivity contribution in [2.75, 3.05) is 33.9 Å². The maximum atomic E-state index is 14.3. The fourth-order valence-electron chi connectivity index (χ4n) is 4.48. The van der Waals surface area contributed by atoms with Crippen LogP contribution in [0, 0.1) is 5.41 Å². The monoisotopic (exact) mass is 544 g/mol. The lowest BCUT2D eigenvalue weighted by Crippen LogP contribution is -2.46. The average Bonchev–Trinajstić information content (AvgIpc) is 2.91. The van der Waals surface area contributed by atoms with E-state index in [9.17, 15) is 9.36 Å². The van der Waals surface area contributed by atoms with Gasteiger partial charge in [-0.05, 0) is 73.9 Å². The summed E-state index contributed by atoms with van der Waals surface area (Å²) in [7, 11) is 0.168. The van der Waals surface area contributed by atoms with Crippen LogP contribution in [0.25, 0.3) is 11.1 Å². The molecular formula is C30H45N2O5P.